The fourth-order valence-electron chi connectivity index (χ4n) is 18.8. The van der Waals surface area contributed by atoms with E-state index in [1.165, 1.54) is 6.92 Å². The minimum Gasteiger partial charge on any atom is -0.432 e. The van der Waals surface area contributed by atoms with E-state index >= 15 is 4.79 Å². The third-order valence-corrected chi connectivity index (χ3v) is 25.2. The number of fused-ring (bicyclic) bond motifs is 7. The van der Waals surface area contributed by atoms with Gasteiger partial charge in [-0.2, -0.15) is 0 Å². The average Bonchev–Trinajstić information content (AvgIpc) is 0.674. The molecule has 96 heavy (non-hydrogen) atoms. The third-order valence-electron chi connectivity index (χ3n) is 25.2. The normalized spacial score (nSPS) is 55.4. The highest BCUT2D eigenvalue weighted by atomic mass is 16.8. The minimum absolute atomic E-state index is 0.0209. The number of ether oxygens (including phenoxy) is 12. The monoisotopic (exact) mass is 1380 g/mol. The molecule has 32 nitrogen and oxygen atoms in total. The quantitative estimate of drug-likeness (QED) is 0.0366. The minimum atomic E-state index is -2.07. The van der Waals surface area contributed by atoms with Gasteiger partial charge in [0.15, 0.2) is 37.6 Å². The highest BCUT2D eigenvalue weighted by molar-refractivity contribution is 5.79. The van der Waals surface area contributed by atoms with Gasteiger partial charge in [-0.25, -0.2) is 0 Å². The second-order valence-electron chi connectivity index (χ2n) is 30.7. The van der Waals surface area contributed by atoms with Crippen molar-refractivity contribution in [3.63, 3.8) is 0 Å². The van der Waals surface area contributed by atoms with Gasteiger partial charge in [0, 0.05) is 12.0 Å². The second-order valence-corrected chi connectivity index (χ2v) is 30.7. The summed E-state index contributed by atoms with van der Waals surface area (Å²) < 4.78 is 71.8. The van der Waals surface area contributed by atoms with E-state index in [0.29, 0.717) is 51.4 Å². The van der Waals surface area contributed by atoms with E-state index in [-0.39, 0.29) is 44.5 Å². The second kappa shape index (κ2) is 28.6. The summed E-state index contributed by atoms with van der Waals surface area (Å²) in [4.78, 5) is 15.8. The Balaban J connectivity index is 0.839. The molecule has 19 N–H and O–H groups in total. The molecule has 32 heteroatoms. The standard InChI is InChI=1S/C64H104O32/c1-25-36(71)49(93-53-45(80)37(72)28(69)20-85-53)48(83)55(88-25)94-50-38(73)29(70)21-86-56(50)92-35-10-11-60(3)33(61(35,4)24-68)9-12-63(6)34(60)8-7-26-27-17-59(2,23-67)13-15-64(27,16-14-62(26,63)5)58(84)96-57-51(95-54-47(82)43(78)40(75)31(19-66)90-54)44(79)41(76)32(91-57)22-87-52-46(81)42(77)39(74)30(18-65)89-52/h7,25,27-57,65-83H,8-24H2,1-6H3/t25-,27-,28+,29-,30+,31+,32+,33+,34+,35-,36-,37-,38-,39+,40+,41+,42-,43-,44-,45+,46+,47+,48+,49+,50+,51+,52+,53-,54-,55-,56-,57-,59+,60-,61-,62+,63+,64-/m0/s1. The van der Waals surface area contributed by atoms with Crippen LogP contribution in [0.3, 0.4) is 0 Å². The van der Waals surface area contributed by atoms with Gasteiger partial charge in [-0.3, -0.25) is 4.79 Å². The fraction of sp³-hybridized carbons (Fsp3) is 0.953. The Hall–Kier alpha value is -1.99. The maximum Gasteiger partial charge on any atom is 0.315 e. The molecule has 552 valence electrons. The molecule has 0 bridgehead atoms. The molecule has 0 unspecified atom stereocenters. The van der Waals surface area contributed by atoms with Gasteiger partial charge in [-0.15, -0.1) is 0 Å². The Morgan fingerprint density at radius 2 is 1.05 bits per heavy atom. The van der Waals surface area contributed by atoms with Crippen LogP contribution >= 0.6 is 0 Å². The van der Waals surface area contributed by atoms with Crippen LogP contribution in [0, 0.1) is 50.2 Å². The van der Waals surface area contributed by atoms with Gasteiger partial charge in [0.1, 0.15) is 122 Å². The van der Waals surface area contributed by atoms with E-state index in [4.69, 9.17) is 56.8 Å². The summed E-state index contributed by atoms with van der Waals surface area (Å²) in [6, 6.07) is 0. The topological polar surface area (TPSA) is 512 Å². The molecule has 6 saturated heterocycles. The highest BCUT2D eigenvalue weighted by Gasteiger charge is 2.71. The Labute approximate surface area is 555 Å². The van der Waals surface area contributed by atoms with Crippen molar-refractivity contribution in [2.75, 3.05) is 46.2 Å². The van der Waals surface area contributed by atoms with Crippen molar-refractivity contribution in [1.29, 1.82) is 0 Å². The molecular weight excluding hydrogens is 1280 g/mol. The summed E-state index contributed by atoms with van der Waals surface area (Å²) in [5.74, 6) is -1.57. The number of aliphatic hydroxyl groups excluding tert-OH is 19. The molecule has 0 spiro atoms. The number of carbonyl (C=O) groups excluding carboxylic acids is 1. The lowest BCUT2D eigenvalue weighted by Gasteiger charge is -2.71. The molecule has 6 aliphatic heterocycles. The molecule has 0 aromatic rings. The van der Waals surface area contributed by atoms with E-state index in [2.05, 4.69) is 26.8 Å². The molecule has 0 radical (unpaired) electrons. The van der Waals surface area contributed by atoms with Gasteiger partial charge in [-0.1, -0.05) is 46.3 Å². The molecule has 5 aliphatic carbocycles. The molecule has 4 saturated carbocycles. The highest BCUT2D eigenvalue weighted by Crippen LogP contribution is 2.76. The molecule has 38 atom stereocenters. The molecule has 11 rings (SSSR count). The van der Waals surface area contributed by atoms with Gasteiger partial charge in [0.05, 0.1) is 57.3 Å². The molecule has 11 aliphatic rings. The van der Waals surface area contributed by atoms with Crippen molar-refractivity contribution >= 4 is 5.97 Å². The largest absolute Gasteiger partial charge is 0.432 e. The molecular formula is C64H104O32. The SMILES string of the molecule is C[C@@H]1O[C@@H](O[C@H]2[C@H](O[C@H]3CC[C@@]4(C)[C@@H](CC[C@]5(C)[C@@H]4CC=C4[C@@H]6C[C@](C)(CO)CC[C@]6(C(=O)O[C@@H]6O[C@H](CO[C@@H]7O[C@H](CO)[C@@H](O)[C@H](O)[C@H]7O)[C@@H](O)[C@H](O)[C@H]6O[C@@H]6O[C@H](CO)[C@@H](O)[C@H](O)[C@H]6O)CC[C@]45C)[C@]3(C)CO)OC[C@H](O)[C@@H]2O)[C@H](O)[C@H](O[C@@H]2OC[C@@H](O)[C@H](O)[C@H]2O)[C@H]1O. The van der Waals surface area contributed by atoms with Crippen LogP contribution in [-0.4, -0.2) is 327 Å². The molecule has 6 heterocycles. The average molecular weight is 1390 g/mol. The van der Waals surface area contributed by atoms with Crippen molar-refractivity contribution in [2.45, 2.75) is 284 Å². The van der Waals surface area contributed by atoms with Crippen LogP contribution in [0.15, 0.2) is 11.6 Å². The zero-order valence-corrected chi connectivity index (χ0v) is 54.9. The van der Waals surface area contributed by atoms with E-state index in [0.717, 1.165) is 5.57 Å². The van der Waals surface area contributed by atoms with Crippen LogP contribution in [0.4, 0.5) is 0 Å². The Bertz CT molecular complexity index is 2680. The lowest BCUT2D eigenvalue weighted by atomic mass is 9.33. The van der Waals surface area contributed by atoms with Crippen LogP contribution in [-0.2, 0) is 61.6 Å². The van der Waals surface area contributed by atoms with Crippen molar-refractivity contribution < 1.29 is 159 Å². The summed E-state index contributed by atoms with van der Waals surface area (Å²) in [6.07, 6.45) is -41.6. The van der Waals surface area contributed by atoms with Crippen LogP contribution < -0.4 is 0 Å². The van der Waals surface area contributed by atoms with Crippen molar-refractivity contribution in [3.8, 4) is 0 Å². The number of hydrogen-bond acceptors (Lipinski definition) is 32. The predicted octanol–water partition coefficient (Wildman–Crippen LogP) is -6.14. The van der Waals surface area contributed by atoms with Crippen molar-refractivity contribution in [2.24, 2.45) is 50.2 Å². The fourth-order valence-corrected chi connectivity index (χ4v) is 18.8. The van der Waals surface area contributed by atoms with Crippen LogP contribution in [0.2, 0.25) is 0 Å². The van der Waals surface area contributed by atoms with E-state index < -0.39 is 249 Å². The first-order valence-corrected chi connectivity index (χ1v) is 33.9. The van der Waals surface area contributed by atoms with Crippen LogP contribution in [0.1, 0.15) is 106 Å². The maximum absolute atomic E-state index is 15.8. The first-order chi connectivity index (χ1) is 45.2. The summed E-state index contributed by atoms with van der Waals surface area (Å²) in [5.41, 5.74) is -3.47. The third kappa shape index (κ3) is 12.8. The number of aliphatic hydroxyl groups is 19. The summed E-state index contributed by atoms with van der Waals surface area (Å²) >= 11 is 0. The van der Waals surface area contributed by atoms with E-state index in [1.807, 2.05) is 13.8 Å². The van der Waals surface area contributed by atoms with E-state index in [9.17, 15) is 97.0 Å². The van der Waals surface area contributed by atoms with Gasteiger partial charge < -0.3 is 154 Å². The first-order valence-electron chi connectivity index (χ1n) is 33.9. The molecule has 0 aromatic carbocycles. The van der Waals surface area contributed by atoms with Gasteiger partial charge in [0.2, 0.25) is 6.29 Å². The maximum atomic E-state index is 15.8. The summed E-state index contributed by atoms with van der Waals surface area (Å²) in [6.45, 7) is 8.41. The number of rotatable bonds is 17. The smallest absolute Gasteiger partial charge is 0.315 e. The Morgan fingerprint density at radius 3 is 1.69 bits per heavy atom. The zero-order chi connectivity index (χ0) is 69.8. The lowest BCUT2D eigenvalue weighted by molar-refractivity contribution is -0.379. The van der Waals surface area contributed by atoms with Crippen molar-refractivity contribution in [1.82, 2.24) is 0 Å². The Morgan fingerprint density at radius 1 is 0.500 bits per heavy atom. The zero-order valence-electron chi connectivity index (χ0n) is 54.9. The molecule has 0 amide bonds. The van der Waals surface area contributed by atoms with Crippen molar-refractivity contribution in [3.05, 3.63) is 11.6 Å². The Kier molecular flexibility index (Phi) is 22.4. The molecule has 0 aromatic heterocycles. The summed E-state index contributed by atoms with van der Waals surface area (Å²) in [5, 5.41) is 207. The lowest BCUT2D eigenvalue weighted by Crippen LogP contribution is -2.67. The van der Waals surface area contributed by atoms with Gasteiger partial charge >= 0.3 is 5.97 Å². The number of carbonyl (C=O) groups is 1. The van der Waals surface area contributed by atoms with Crippen LogP contribution in [0.5, 0.6) is 0 Å². The molecule has 10 fully saturated rings. The summed E-state index contributed by atoms with van der Waals surface area (Å²) in [7, 11) is 0. The van der Waals surface area contributed by atoms with Gasteiger partial charge in [0.25, 0.3) is 0 Å². The number of esters is 1. The first kappa shape index (κ1) is 75.2. The van der Waals surface area contributed by atoms with Crippen LogP contribution in [0.25, 0.3) is 0 Å². The van der Waals surface area contributed by atoms with Gasteiger partial charge in [-0.05, 0) is 111 Å². The number of hydrogen-bond donors (Lipinski definition) is 19. The number of allylic oxidation sites excluding steroid dienone is 2. The predicted molar refractivity (Wildman–Crippen MR) is 317 cm³/mol. The van der Waals surface area contributed by atoms with E-state index in [1.54, 1.807) is 0 Å².